The third kappa shape index (κ3) is 3.75. The van der Waals surface area contributed by atoms with Crippen molar-refractivity contribution in [3.63, 3.8) is 0 Å². The van der Waals surface area contributed by atoms with Gasteiger partial charge in [0.05, 0.1) is 23.8 Å². The smallest absolute Gasteiger partial charge is 0.0995 e. The first-order valence-corrected chi connectivity index (χ1v) is 7.43. The van der Waals surface area contributed by atoms with Crippen LogP contribution in [-0.4, -0.2) is 16.2 Å². The lowest BCUT2D eigenvalue weighted by atomic mass is 9.91. The molecule has 0 saturated carbocycles. The molecular formula is C18H23N3. The number of nitrogens with zero attached hydrogens (tertiary/aromatic N) is 3. The second kappa shape index (κ2) is 6.61. The molecular weight excluding hydrogens is 258 g/mol. The Balaban J connectivity index is 2.52. The fourth-order valence-corrected chi connectivity index (χ4v) is 2.37. The largest absolute Gasteiger partial charge is 0.261 e. The Kier molecular flexibility index (Phi) is 4.84. The van der Waals surface area contributed by atoms with Crippen LogP contribution in [0, 0.1) is 6.92 Å². The third-order valence-corrected chi connectivity index (χ3v) is 3.47. The van der Waals surface area contributed by atoms with Crippen molar-refractivity contribution >= 4 is 11.9 Å². The van der Waals surface area contributed by atoms with Gasteiger partial charge in [0.25, 0.3) is 0 Å². The summed E-state index contributed by atoms with van der Waals surface area (Å²) in [6.07, 6.45) is 6.88. The van der Waals surface area contributed by atoms with E-state index in [-0.39, 0.29) is 0 Å². The third-order valence-electron chi connectivity index (χ3n) is 3.47. The molecule has 21 heavy (non-hydrogen) atoms. The van der Waals surface area contributed by atoms with Crippen molar-refractivity contribution in [3.8, 4) is 0 Å². The lowest BCUT2D eigenvalue weighted by molar-refractivity contribution is 0.832. The monoisotopic (exact) mass is 281 g/mol. The fourth-order valence-electron chi connectivity index (χ4n) is 2.37. The van der Waals surface area contributed by atoms with Crippen molar-refractivity contribution in [2.24, 2.45) is 4.99 Å². The quantitative estimate of drug-likeness (QED) is 0.756. The Morgan fingerprint density at radius 3 is 2.10 bits per heavy atom. The van der Waals surface area contributed by atoms with Gasteiger partial charge in [0.15, 0.2) is 0 Å². The van der Waals surface area contributed by atoms with Gasteiger partial charge in [-0.2, -0.15) is 0 Å². The highest BCUT2D eigenvalue weighted by Gasteiger charge is 2.14. The predicted octanol–water partition coefficient (Wildman–Crippen LogP) is 4.78. The van der Waals surface area contributed by atoms with E-state index in [9.17, 15) is 0 Å². The van der Waals surface area contributed by atoms with Crippen molar-refractivity contribution in [1.29, 1.82) is 0 Å². The molecule has 0 aliphatic rings. The summed E-state index contributed by atoms with van der Waals surface area (Å²) in [5.74, 6) is 0.882. The van der Waals surface area contributed by atoms with Crippen LogP contribution in [0.15, 0.2) is 35.7 Å². The number of aromatic nitrogens is 2. The van der Waals surface area contributed by atoms with E-state index >= 15 is 0 Å². The van der Waals surface area contributed by atoms with Crippen LogP contribution in [0.5, 0.6) is 0 Å². The SMILES string of the molecule is Cc1cc(C(C)C)c(N=Cc2cnccn2)c(C(C)C)c1. The van der Waals surface area contributed by atoms with E-state index in [2.05, 4.69) is 56.7 Å². The van der Waals surface area contributed by atoms with Gasteiger partial charge in [0.1, 0.15) is 0 Å². The van der Waals surface area contributed by atoms with Crippen LogP contribution in [0.2, 0.25) is 0 Å². The molecule has 0 atom stereocenters. The zero-order chi connectivity index (χ0) is 15.4. The second-order valence-corrected chi connectivity index (χ2v) is 5.99. The number of rotatable bonds is 4. The lowest BCUT2D eigenvalue weighted by Gasteiger charge is -2.17. The van der Waals surface area contributed by atoms with Gasteiger partial charge in [-0.05, 0) is 29.9 Å². The topological polar surface area (TPSA) is 38.1 Å². The zero-order valence-electron chi connectivity index (χ0n) is 13.5. The number of hydrogen-bond donors (Lipinski definition) is 0. The summed E-state index contributed by atoms with van der Waals surface area (Å²) in [5.41, 5.74) is 5.73. The molecule has 0 aliphatic heterocycles. The van der Waals surface area contributed by atoms with Crippen molar-refractivity contribution < 1.29 is 0 Å². The summed E-state index contributed by atoms with van der Waals surface area (Å²) in [5, 5.41) is 0. The Morgan fingerprint density at radius 1 is 1.00 bits per heavy atom. The van der Waals surface area contributed by atoms with Crippen LogP contribution >= 0.6 is 0 Å². The molecule has 0 radical (unpaired) electrons. The van der Waals surface area contributed by atoms with Gasteiger partial charge in [-0.25, -0.2) is 0 Å². The van der Waals surface area contributed by atoms with Gasteiger partial charge in [-0.3, -0.25) is 15.0 Å². The van der Waals surface area contributed by atoms with E-state index < -0.39 is 0 Å². The molecule has 3 nitrogen and oxygen atoms in total. The summed E-state index contributed by atoms with van der Waals surface area (Å²) in [6, 6.07) is 4.47. The molecule has 0 saturated heterocycles. The van der Waals surface area contributed by atoms with E-state index in [1.165, 1.54) is 16.7 Å². The highest BCUT2D eigenvalue weighted by atomic mass is 14.8. The number of hydrogen-bond acceptors (Lipinski definition) is 3. The predicted molar refractivity (Wildman–Crippen MR) is 88.6 cm³/mol. The minimum Gasteiger partial charge on any atom is -0.261 e. The van der Waals surface area contributed by atoms with E-state index in [0.717, 1.165) is 11.4 Å². The average molecular weight is 281 g/mol. The molecule has 0 fully saturated rings. The number of aliphatic imine (C=N–C) groups is 1. The Morgan fingerprint density at radius 2 is 1.62 bits per heavy atom. The van der Waals surface area contributed by atoms with Crippen molar-refractivity contribution in [2.45, 2.75) is 46.5 Å². The Bertz CT molecular complexity index is 599. The lowest BCUT2D eigenvalue weighted by Crippen LogP contribution is -1.98. The van der Waals surface area contributed by atoms with Crippen molar-refractivity contribution in [3.05, 3.63) is 53.1 Å². The van der Waals surface area contributed by atoms with Crippen molar-refractivity contribution in [1.82, 2.24) is 9.97 Å². The maximum absolute atomic E-state index is 4.73. The van der Waals surface area contributed by atoms with Crippen LogP contribution < -0.4 is 0 Å². The molecule has 1 aromatic carbocycles. The van der Waals surface area contributed by atoms with Gasteiger partial charge < -0.3 is 0 Å². The highest BCUT2D eigenvalue weighted by Crippen LogP contribution is 2.35. The fraction of sp³-hybridized carbons (Fsp3) is 0.389. The Labute approximate surface area is 127 Å². The molecule has 110 valence electrons. The molecule has 1 heterocycles. The summed E-state index contributed by atoms with van der Waals surface area (Å²) in [7, 11) is 0. The molecule has 1 aromatic heterocycles. The molecule has 0 amide bonds. The van der Waals surface area contributed by atoms with Gasteiger partial charge in [-0.1, -0.05) is 45.4 Å². The van der Waals surface area contributed by atoms with Crippen LogP contribution in [0.1, 0.15) is 61.9 Å². The van der Waals surface area contributed by atoms with E-state index in [1.807, 2.05) is 0 Å². The number of aryl methyl sites for hydroxylation is 1. The first-order valence-electron chi connectivity index (χ1n) is 7.43. The summed E-state index contributed by atoms with van der Waals surface area (Å²) < 4.78 is 0. The molecule has 0 unspecified atom stereocenters. The highest BCUT2D eigenvalue weighted by molar-refractivity contribution is 5.80. The van der Waals surface area contributed by atoms with Gasteiger partial charge in [-0.15, -0.1) is 0 Å². The van der Waals surface area contributed by atoms with Gasteiger partial charge in [0, 0.05) is 12.4 Å². The first kappa shape index (κ1) is 15.4. The first-order chi connectivity index (χ1) is 9.99. The van der Waals surface area contributed by atoms with Crippen LogP contribution in [0.4, 0.5) is 5.69 Å². The van der Waals surface area contributed by atoms with Crippen LogP contribution in [0.25, 0.3) is 0 Å². The second-order valence-electron chi connectivity index (χ2n) is 5.99. The van der Waals surface area contributed by atoms with E-state index in [0.29, 0.717) is 11.8 Å². The molecule has 0 spiro atoms. The molecule has 0 bridgehead atoms. The number of benzene rings is 1. The summed E-state index contributed by atoms with van der Waals surface area (Å²) in [4.78, 5) is 13.1. The molecule has 0 N–H and O–H groups in total. The maximum Gasteiger partial charge on any atom is 0.0995 e. The van der Waals surface area contributed by atoms with Gasteiger partial charge >= 0.3 is 0 Å². The minimum atomic E-state index is 0.441. The summed E-state index contributed by atoms with van der Waals surface area (Å²) >= 11 is 0. The Hall–Kier alpha value is -2.03. The van der Waals surface area contributed by atoms with Crippen LogP contribution in [0.3, 0.4) is 0 Å². The average Bonchev–Trinajstić information content (AvgIpc) is 2.46. The van der Waals surface area contributed by atoms with Crippen molar-refractivity contribution in [2.75, 3.05) is 0 Å². The normalized spacial score (nSPS) is 11.8. The molecule has 0 aliphatic carbocycles. The van der Waals surface area contributed by atoms with E-state index in [1.54, 1.807) is 24.8 Å². The maximum atomic E-state index is 4.73. The molecule has 2 aromatic rings. The summed E-state index contributed by atoms with van der Waals surface area (Å²) in [6.45, 7) is 11.0. The molecule has 3 heteroatoms. The minimum absolute atomic E-state index is 0.441. The zero-order valence-corrected chi connectivity index (χ0v) is 13.5. The van der Waals surface area contributed by atoms with Crippen LogP contribution in [-0.2, 0) is 0 Å². The standard InChI is InChI=1S/C18H23N3/c1-12(2)16-8-14(5)9-17(13(3)4)18(16)21-11-15-10-19-6-7-20-15/h6-13H,1-5H3. The molecule has 2 rings (SSSR count). The van der Waals surface area contributed by atoms with Gasteiger partial charge in [0.2, 0.25) is 0 Å². The van der Waals surface area contributed by atoms with E-state index in [4.69, 9.17) is 4.99 Å².